The molecular weight excluding hydrogens is 440 g/mol. The van der Waals surface area contributed by atoms with Gasteiger partial charge in [0.15, 0.2) is 0 Å². The number of nitrogens with one attached hydrogen (secondary N) is 1. The molecule has 1 amide bonds. The number of carbonyl (C=O) groups is 1. The van der Waals surface area contributed by atoms with Crippen LogP contribution in [-0.2, 0) is 14.8 Å². The molecule has 1 N–H and O–H groups in total. The summed E-state index contributed by atoms with van der Waals surface area (Å²) in [7, 11) is 0.442. The Bertz CT molecular complexity index is 1120. The number of sulfonamides is 1. The lowest BCUT2D eigenvalue weighted by molar-refractivity contribution is -0.114. The molecule has 0 spiro atoms. The highest BCUT2D eigenvalue weighted by atomic mass is 32.2. The maximum atomic E-state index is 13.3. The Balaban J connectivity index is 1.95. The van der Waals surface area contributed by atoms with Crippen molar-refractivity contribution < 1.29 is 27.4 Å². The lowest BCUT2D eigenvalue weighted by Crippen LogP contribution is -2.38. The lowest BCUT2D eigenvalue weighted by Gasteiger charge is -2.25. The number of rotatable bonds is 9. The zero-order valence-electron chi connectivity index (χ0n) is 17.2. The summed E-state index contributed by atoms with van der Waals surface area (Å²) >= 11 is 1.07. The molecule has 0 bridgehead atoms. The van der Waals surface area contributed by atoms with Crippen LogP contribution in [0.1, 0.15) is 0 Å². The highest BCUT2D eigenvalue weighted by Gasteiger charge is 2.30. The zero-order chi connectivity index (χ0) is 22.4. The standard InChI is InChI=1S/C21H22N2O6S2/c1-27-16-11-15(12-17(13-16)28-2)22-20(24)14-23(18-7-4-5-8-19(18)29-3)31(25,26)21-9-6-10-30-21/h4-13H,14H2,1-3H3,(H,22,24). The second-order valence-corrected chi connectivity index (χ2v) is 9.30. The average molecular weight is 463 g/mol. The molecule has 1 heterocycles. The van der Waals surface area contributed by atoms with E-state index in [1.807, 2.05) is 0 Å². The largest absolute Gasteiger partial charge is 0.497 e. The Morgan fingerprint density at radius 1 is 0.968 bits per heavy atom. The Labute approximate surface area is 185 Å². The SMILES string of the molecule is COc1cc(NC(=O)CN(c2ccccc2OC)S(=O)(=O)c2cccs2)cc(OC)c1. The average Bonchev–Trinajstić information content (AvgIpc) is 3.33. The van der Waals surface area contributed by atoms with E-state index in [0.29, 0.717) is 22.9 Å². The molecule has 2 aromatic carbocycles. The first-order valence-electron chi connectivity index (χ1n) is 9.11. The fourth-order valence-electron chi connectivity index (χ4n) is 2.86. The van der Waals surface area contributed by atoms with E-state index < -0.39 is 22.5 Å². The van der Waals surface area contributed by atoms with Gasteiger partial charge in [0.25, 0.3) is 10.0 Å². The molecular formula is C21H22N2O6S2. The topological polar surface area (TPSA) is 94.2 Å². The van der Waals surface area contributed by atoms with Gasteiger partial charge in [0, 0.05) is 23.9 Å². The first-order chi connectivity index (χ1) is 14.9. The summed E-state index contributed by atoms with van der Waals surface area (Å²) in [4.78, 5) is 12.9. The number of methoxy groups -OCH3 is 3. The van der Waals surface area contributed by atoms with Crippen molar-refractivity contribution in [1.82, 2.24) is 0 Å². The molecule has 0 aliphatic rings. The molecule has 3 aromatic rings. The molecule has 0 unspecified atom stereocenters. The third-order valence-corrected chi connectivity index (χ3v) is 7.45. The zero-order valence-corrected chi connectivity index (χ0v) is 18.8. The number of benzene rings is 2. The second-order valence-electron chi connectivity index (χ2n) is 6.27. The van der Waals surface area contributed by atoms with E-state index in [1.54, 1.807) is 53.9 Å². The Morgan fingerprint density at radius 2 is 1.65 bits per heavy atom. The highest BCUT2D eigenvalue weighted by molar-refractivity contribution is 7.94. The van der Waals surface area contributed by atoms with Gasteiger partial charge in [-0.05, 0) is 23.6 Å². The predicted molar refractivity (Wildman–Crippen MR) is 120 cm³/mol. The van der Waals surface area contributed by atoms with Crippen LogP contribution >= 0.6 is 11.3 Å². The van der Waals surface area contributed by atoms with E-state index in [1.165, 1.54) is 27.4 Å². The van der Waals surface area contributed by atoms with E-state index >= 15 is 0 Å². The fraction of sp³-hybridized carbons (Fsp3) is 0.190. The number of amides is 1. The van der Waals surface area contributed by atoms with Crippen LogP contribution < -0.4 is 23.8 Å². The predicted octanol–water partition coefficient (Wildman–Crippen LogP) is 3.61. The molecule has 8 nitrogen and oxygen atoms in total. The van der Waals surface area contributed by atoms with Gasteiger partial charge >= 0.3 is 0 Å². The number of para-hydroxylation sites is 2. The maximum absolute atomic E-state index is 13.3. The van der Waals surface area contributed by atoms with E-state index in [-0.39, 0.29) is 9.90 Å². The lowest BCUT2D eigenvalue weighted by atomic mass is 10.2. The van der Waals surface area contributed by atoms with Crippen LogP contribution in [0.25, 0.3) is 0 Å². The van der Waals surface area contributed by atoms with Crippen molar-refractivity contribution in [3.05, 3.63) is 60.0 Å². The third-order valence-electron chi connectivity index (χ3n) is 4.32. The summed E-state index contributed by atoms with van der Waals surface area (Å²) in [5, 5.41) is 4.37. The van der Waals surface area contributed by atoms with Gasteiger partial charge < -0.3 is 19.5 Å². The Kier molecular flexibility index (Phi) is 7.03. The number of anilines is 2. The molecule has 0 aliphatic carbocycles. The van der Waals surface area contributed by atoms with Gasteiger partial charge in [0.1, 0.15) is 28.0 Å². The minimum atomic E-state index is -3.99. The van der Waals surface area contributed by atoms with Gasteiger partial charge in [-0.15, -0.1) is 11.3 Å². The first-order valence-corrected chi connectivity index (χ1v) is 11.4. The van der Waals surface area contributed by atoms with Crippen molar-refractivity contribution in [2.24, 2.45) is 0 Å². The van der Waals surface area contributed by atoms with E-state index in [4.69, 9.17) is 14.2 Å². The Morgan fingerprint density at radius 3 is 2.23 bits per heavy atom. The summed E-state index contributed by atoms with van der Waals surface area (Å²) in [6.45, 7) is -0.458. The second kappa shape index (κ2) is 9.71. The van der Waals surface area contributed by atoms with Crippen LogP contribution in [0, 0.1) is 0 Å². The molecule has 0 aliphatic heterocycles. The minimum absolute atomic E-state index is 0.120. The van der Waals surface area contributed by atoms with Crippen LogP contribution in [0.15, 0.2) is 64.2 Å². The van der Waals surface area contributed by atoms with Crippen LogP contribution in [0.5, 0.6) is 17.2 Å². The van der Waals surface area contributed by atoms with E-state index in [2.05, 4.69) is 5.32 Å². The minimum Gasteiger partial charge on any atom is -0.497 e. The molecule has 3 rings (SSSR count). The number of carbonyl (C=O) groups excluding carboxylic acids is 1. The van der Waals surface area contributed by atoms with Crippen molar-refractivity contribution in [2.45, 2.75) is 4.21 Å². The molecule has 0 saturated carbocycles. The summed E-state index contributed by atoms with van der Waals surface area (Å²) in [6.07, 6.45) is 0. The fourth-order valence-corrected chi connectivity index (χ4v) is 5.40. The summed E-state index contributed by atoms with van der Waals surface area (Å²) in [5.41, 5.74) is 0.673. The van der Waals surface area contributed by atoms with E-state index in [9.17, 15) is 13.2 Å². The molecule has 0 atom stereocenters. The number of hydrogen-bond acceptors (Lipinski definition) is 7. The molecule has 0 saturated heterocycles. The number of thiophene rings is 1. The van der Waals surface area contributed by atoms with Crippen LogP contribution in [0.4, 0.5) is 11.4 Å². The van der Waals surface area contributed by atoms with Crippen LogP contribution in [0.3, 0.4) is 0 Å². The van der Waals surface area contributed by atoms with Crippen molar-refractivity contribution in [2.75, 3.05) is 37.5 Å². The van der Waals surface area contributed by atoms with Crippen molar-refractivity contribution in [3.8, 4) is 17.2 Å². The van der Waals surface area contributed by atoms with Gasteiger partial charge in [0.05, 0.1) is 27.0 Å². The number of nitrogens with zero attached hydrogens (tertiary/aromatic N) is 1. The first kappa shape index (κ1) is 22.4. The van der Waals surface area contributed by atoms with Gasteiger partial charge in [-0.25, -0.2) is 8.42 Å². The molecule has 31 heavy (non-hydrogen) atoms. The smallest absolute Gasteiger partial charge is 0.274 e. The molecule has 1 aromatic heterocycles. The van der Waals surface area contributed by atoms with Gasteiger partial charge in [-0.1, -0.05) is 18.2 Å². The number of hydrogen-bond donors (Lipinski definition) is 1. The Hall–Kier alpha value is -3.24. The summed E-state index contributed by atoms with van der Waals surface area (Å²) in [6, 6.07) is 14.7. The van der Waals surface area contributed by atoms with Crippen LogP contribution in [-0.4, -0.2) is 42.2 Å². The third kappa shape index (κ3) is 5.09. The van der Waals surface area contributed by atoms with Gasteiger partial charge in [-0.3, -0.25) is 9.10 Å². The molecule has 0 radical (unpaired) electrons. The summed E-state index contributed by atoms with van der Waals surface area (Å²) in [5.74, 6) is 0.768. The van der Waals surface area contributed by atoms with Gasteiger partial charge in [0.2, 0.25) is 5.91 Å². The summed E-state index contributed by atoms with van der Waals surface area (Å²) < 4.78 is 43.5. The maximum Gasteiger partial charge on any atom is 0.274 e. The van der Waals surface area contributed by atoms with Gasteiger partial charge in [-0.2, -0.15) is 0 Å². The molecule has 164 valence electrons. The van der Waals surface area contributed by atoms with Crippen molar-refractivity contribution >= 4 is 38.6 Å². The highest BCUT2D eigenvalue weighted by Crippen LogP contribution is 2.33. The number of ether oxygens (including phenoxy) is 3. The van der Waals surface area contributed by atoms with E-state index in [0.717, 1.165) is 15.6 Å². The quantitative estimate of drug-likeness (QED) is 0.522. The molecule has 10 heteroatoms. The van der Waals surface area contributed by atoms with Crippen molar-refractivity contribution in [1.29, 1.82) is 0 Å². The van der Waals surface area contributed by atoms with Crippen LogP contribution in [0.2, 0.25) is 0 Å². The van der Waals surface area contributed by atoms with Crippen molar-refractivity contribution in [3.63, 3.8) is 0 Å². The normalized spacial score (nSPS) is 10.9. The monoisotopic (exact) mass is 462 g/mol. The molecule has 0 fully saturated rings.